The number of rotatable bonds is 6. The molecule has 0 unspecified atom stereocenters. The second-order valence-corrected chi connectivity index (χ2v) is 10.5. The highest BCUT2D eigenvalue weighted by Crippen LogP contribution is 2.30. The van der Waals surface area contributed by atoms with Gasteiger partial charge >= 0.3 is 0 Å². The summed E-state index contributed by atoms with van der Waals surface area (Å²) in [6.07, 6.45) is 0. The molecule has 5 rings (SSSR count). The van der Waals surface area contributed by atoms with Gasteiger partial charge in [-0.25, -0.2) is 9.67 Å². The second-order valence-electron chi connectivity index (χ2n) is 10.0. The molecule has 188 valence electrons. The fourth-order valence-corrected chi connectivity index (χ4v) is 4.81. The highest BCUT2D eigenvalue weighted by atomic mass is 35.5. The highest BCUT2D eigenvalue weighted by Gasteiger charge is 2.29. The minimum absolute atomic E-state index is 0.274. The summed E-state index contributed by atoms with van der Waals surface area (Å²) in [5, 5.41) is 5.62. The van der Waals surface area contributed by atoms with E-state index >= 15 is 0 Å². The topological polar surface area (TPSA) is 90.5 Å². The van der Waals surface area contributed by atoms with E-state index in [1.807, 2.05) is 47.8 Å². The third-order valence-corrected chi connectivity index (χ3v) is 6.44. The number of nitrogens with zero attached hydrogens (tertiary/aromatic N) is 4. The molecular formula is C26H24B3ClN4O4. The molecule has 0 aliphatic heterocycles. The Balaban J connectivity index is 1.63. The highest BCUT2D eigenvalue weighted by molar-refractivity contribution is 6.62. The van der Waals surface area contributed by atoms with Crippen molar-refractivity contribution in [1.29, 1.82) is 0 Å². The Morgan fingerprint density at radius 1 is 1.11 bits per heavy atom. The third-order valence-electron chi connectivity index (χ3n) is 6.21. The van der Waals surface area contributed by atoms with Gasteiger partial charge in [-0.1, -0.05) is 23.7 Å². The number of fused-ring (bicyclic) bond motifs is 2. The lowest BCUT2D eigenvalue weighted by atomic mass is 9.48. The van der Waals surface area contributed by atoms with Gasteiger partial charge in [0.25, 0.3) is 5.56 Å². The molecule has 0 atom stereocenters. The van der Waals surface area contributed by atoms with Gasteiger partial charge in [0.15, 0.2) is 11.5 Å². The molecule has 0 bridgehead atoms. The van der Waals surface area contributed by atoms with Gasteiger partial charge in [-0.15, -0.1) is 0 Å². The van der Waals surface area contributed by atoms with Crippen LogP contribution in [0.4, 0.5) is 5.69 Å². The lowest BCUT2D eigenvalue weighted by molar-refractivity contribution is -0.119. The van der Waals surface area contributed by atoms with Crippen LogP contribution in [0.1, 0.15) is 5.89 Å². The number of hydrogen-bond donors (Lipinski definition) is 0. The standard InChI is InChI=1S/C26H24B3ClN4O4/c1-14-31-21-9-6-17(11-22(21)38-14)34(26(27,28)29)23(35)13-33-25(36)20-12-18(37-2)7-8-19(20)24(32-33)15-4-3-5-16(30)10-15/h3-12H,13,27-29H2,1-2H3. The Kier molecular flexibility index (Phi) is 6.57. The van der Waals surface area contributed by atoms with Gasteiger partial charge in [0.05, 0.1) is 18.2 Å². The number of halogens is 1. The van der Waals surface area contributed by atoms with Gasteiger partial charge in [0.2, 0.25) is 5.91 Å². The molecule has 3 aromatic carbocycles. The Hall–Kier alpha value is -3.98. The molecule has 2 heterocycles. The average Bonchev–Trinajstić information content (AvgIpc) is 3.24. The van der Waals surface area contributed by atoms with Crippen molar-refractivity contribution in [3.63, 3.8) is 0 Å². The van der Waals surface area contributed by atoms with Crippen molar-refractivity contribution in [1.82, 2.24) is 14.8 Å². The number of carbonyl (C=O) groups is 1. The van der Waals surface area contributed by atoms with Crippen molar-refractivity contribution >= 4 is 68.6 Å². The summed E-state index contributed by atoms with van der Waals surface area (Å²) in [6.45, 7) is 1.50. The lowest BCUT2D eigenvalue weighted by Gasteiger charge is -2.36. The predicted molar refractivity (Wildman–Crippen MR) is 158 cm³/mol. The number of amides is 1. The summed E-state index contributed by atoms with van der Waals surface area (Å²) in [6, 6.07) is 17.9. The molecule has 0 spiro atoms. The van der Waals surface area contributed by atoms with E-state index in [1.165, 1.54) is 11.8 Å². The van der Waals surface area contributed by atoms with Crippen LogP contribution in [-0.4, -0.2) is 56.6 Å². The van der Waals surface area contributed by atoms with Gasteiger partial charge in [-0.2, -0.15) is 5.10 Å². The number of carbonyl (C=O) groups excluding carboxylic acids is 1. The maximum Gasteiger partial charge on any atom is 0.275 e. The zero-order valence-electron chi connectivity index (χ0n) is 21.8. The Morgan fingerprint density at radius 2 is 1.89 bits per heavy atom. The molecule has 8 nitrogen and oxygen atoms in total. The van der Waals surface area contributed by atoms with Crippen molar-refractivity contribution < 1.29 is 13.9 Å². The molecule has 0 radical (unpaired) electrons. The van der Waals surface area contributed by atoms with E-state index in [2.05, 4.69) is 10.1 Å². The minimum atomic E-state index is -0.598. The van der Waals surface area contributed by atoms with E-state index in [0.717, 1.165) is 5.56 Å². The Bertz CT molecular complexity index is 1760. The van der Waals surface area contributed by atoms with Crippen molar-refractivity contribution in [2.24, 2.45) is 0 Å². The Labute approximate surface area is 226 Å². The zero-order valence-corrected chi connectivity index (χ0v) is 22.5. The van der Waals surface area contributed by atoms with Gasteiger partial charge in [0, 0.05) is 34.6 Å². The SMILES string of the molecule is BC(B)(B)N(C(=O)Cn1nc(-c2cccc(Cl)c2)c2ccc(OC)cc2c1=O)c1ccc2nc(C)oc2c1. The van der Waals surface area contributed by atoms with Crippen LogP contribution >= 0.6 is 11.6 Å². The first kappa shape index (κ1) is 25.7. The normalized spacial score (nSPS) is 11.7. The maximum atomic E-state index is 13.8. The smallest absolute Gasteiger partial charge is 0.275 e. The van der Waals surface area contributed by atoms with E-state index in [0.29, 0.717) is 49.9 Å². The summed E-state index contributed by atoms with van der Waals surface area (Å²) in [7, 11) is 7.33. The predicted octanol–water partition coefficient (Wildman–Crippen LogP) is 1.72. The maximum absolute atomic E-state index is 13.8. The van der Waals surface area contributed by atoms with Gasteiger partial charge < -0.3 is 14.1 Å². The molecule has 2 aromatic heterocycles. The first-order valence-corrected chi connectivity index (χ1v) is 12.5. The van der Waals surface area contributed by atoms with Gasteiger partial charge in [-0.3, -0.25) is 9.59 Å². The fraction of sp³-hybridized carbons (Fsp3) is 0.154. The van der Waals surface area contributed by atoms with Gasteiger partial charge in [-0.05, 0) is 47.7 Å². The molecule has 0 aliphatic carbocycles. The number of benzene rings is 3. The van der Waals surface area contributed by atoms with E-state index in [9.17, 15) is 9.59 Å². The number of anilines is 1. The fourth-order valence-electron chi connectivity index (χ4n) is 4.62. The van der Waals surface area contributed by atoms with Crippen LogP contribution in [0.25, 0.3) is 33.1 Å². The molecule has 0 aliphatic rings. The quantitative estimate of drug-likeness (QED) is 0.315. The minimum Gasteiger partial charge on any atom is -0.497 e. The zero-order chi connectivity index (χ0) is 27.2. The second kappa shape index (κ2) is 9.72. The first-order chi connectivity index (χ1) is 18.0. The molecule has 0 saturated carbocycles. The summed E-state index contributed by atoms with van der Waals surface area (Å²) in [4.78, 5) is 33.4. The summed E-state index contributed by atoms with van der Waals surface area (Å²) in [5.41, 5.74) is 2.80. The summed E-state index contributed by atoms with van der Waals surface area (Å²) >= 11 is 6.26. The number of aromatic nitrogens is 3. The van der Waals surface area contributed by atoms with Crippen LogP contribution in [-0.2, 0) is 11.3 Å². The Morgan fingerprint density at radius 3 is 2.61 bits per heavy atom. The average molecular weight is 524 g/mol. The van der Waals surface area contributed by atoms with Crippen LogP contribution in [0.15, 0.2) is 69.9 Å². The van der Waals surface area contributed by atoms with Crippen molar-refractivity contribution in [3.8, 4) is 17.0 Å². The van der Waals surface area contributed by atoms with Crippen LogP contribution in [0, 0.1) is 6.92 Å². The summed E-state index contributed by atoms with van der Waals surface area (Å²) in [5.74, 6) is 0.770. The van der Waals surface area contributed by atoms with E-state index < -0.39 is 10.8 Å². The molecule has 12 heteroatoms. The van der Waals surface area contributed by atoms with Crippen molar-refractivity contribution in [2.75, 3.05) is 12.0 Å². The van der Waals surface area contributed by atoms with Crippen molar-refractivity contribution in [2.45, 2.75) is 18.7 Å². The molecule has 5 aromatic rings. The number of hydrogen-bond acceptors (Lipinski definition) is 6. The number of oxazole rings is 1. The monoisotopic (exact) mass is 524 g/mol. The van der Waals surface area contributed by atoms with E-state index in [1.54, 1.807) is 48.2 Å². The molecule has 0 N–H and O–H groups in total. The number of ether oxygens (including phenoxy) is 1. The van der Waals surface area contributed by atoms with Crippen LogP contribution < -0.4 is 15.2 Å². The molecule has 1 amide bonds. The number of aryl methyl sites for hydroxylation is 1. The van der Waals surface area contributed by atoms with E-state index in [4.69, 9.17) is 20.8 Å². The van der Waals surface area contributed by atoms with Crippen molar-refractivity contribution in [3.05, 3.63) is 81.9 Å². The summed E-state index contributed by atoms with van der Waals surface area (Å²) < 4.78 is 12.3. The molecule has 0 fully saturated rings. The lowest BCUT2D eigenvalue weighted by Crippen LogP contribution is -2.55. The third kappa shape index (κ3) is 4.81. The molecule has 38 heavy (non-hydrogen) atoms. The van der Waals surface area contributed by atoms with Crippen LogP contribution in [0.5, 0.6) is 5.75 Å². The van der Waals surface area contributed by atoms with Crippen LogP contribution in [0.2, 0.25) is 5.02 Å². The largest absolute Gasteiger partial charge is 0.497 e. The van der Waals surface area contributed by atoms with Crippen LogP contribution in [0.3, 0.4) is 0 Å². The first-order valence-electron chi connectivity index (χ1n) is 12.1. The molecule has 0 saturated heterocycles. The molecular weight excluding hydrogens is 500 g/mol. The number of methoxy groups -OCH3 is 1. The van der Waals surface area contributed by atoms with E-state index in [-0.39, 0.29) is 12.5 Å². The van der Waals surface area contributed by atoms with Gasteiger partial charge in [0.1, 0.15) is 41.3 Å².